The predicted molar refractivity (Wildman–Crippen MR) is 62.6 cm³/mol. The number of rotatable bonds is 5. The van der Waals surface area contributed by atoms with Crippen LogP contribution in [0, 0.1) is 17.0 Å². The summed E-state index contributed by atoms with van der Waals surface area (Å²) >= 11 is 0. The Morgan fingerprint density at radius 1 is 1.50 bits per heavy atom. The van der Waals surface area contributed by atoms with Crippen LogP contribution in [0.4, 0.5) is 11.5 Å². The normalized spacial score (nSPS) is 10.8. The van der Waals surface area contributed by atoms with Gasteiger partial charge in [-0.2, -0.15) is 5.10 Å². The molecule has 0 bridgehead atoms. The van der Waals surface area contributed by atoms with Crippen LogP contribution in [0.2, 0.25) is 0 Å². The quantitative estimate of drug-likeness (QED) is 0.617. The number of aromatic nitrogens is 2. The van der Waals surface area contributed by atoms with Crippen molar-refractivity contribution in [3.63, 3.8) is 0 Å². The highest BCUT2D eigenvalue weighted by Gasteiger charge is 2.24. The maximum Gasteiger partial charge on any atom is 0.333 e. The third-order valence-corrected chi connectivity index (χ3v) is 2.70. The molecule has 6 heteroatoms. The first-order valence-corrected chi connectivity index (χ1v) is 5.45. The Morgan fingerprint density at radius 2 is 2.06 bits per heavy atom. The van der Waals surface area contributed by atoms with E-state index in [1.54, 1.807) is 14.0 Å². The van der Waals surface area contributed by atoms with E-state index in [0.717, 1.165) is 12.8 Å². The van der Waals surface area contributed by atoms with Crippen molar-refractivity contribution in [3.8, 4) is 0 Å². The van der Waals surface area contributed by atoms with Gasteiger partial charge in [-0.25, -0.2) is 4.68 Å². The van der Waals surface area contributed by atoms with Crippen LogP contribution < -0.4 is 5.32 Å². The molecule has 0 aromatic carbocycles. The van der Waals surface area contributed by atoms with E-state index in [1.807, 2.05) is 0 Å². The van der Waals surface area contributed by atoms with Gasteiger partial charge in [-0.3, -0.25) is 10.1 Å². The van der Waals surface area contributed by atoms with Crippen molar-refractivity contribution < 1.29 is 4.92 Å². The maximum absolute atomic E-state index is 10.9. The van der Waals surface area contributed by atoms with Gasteiger partial charge in [0.2, 0.25) is 5.82 Å². The molecule has 90 valence electrons. The molecule has 0 saturated carbocycles. The molecule has 0 atom stereocenters. The molecule has 0 radical (unpaired) electrons. The van der Waals surface area contributed by atoms with Crippen molar-refractivity contribution in [2.45, 2.75) is 39.7 Å². The van der Waals surface area contributed by atoms with Crippen molar-refractivity contribution in [2.24, 2.45) is 7.05 Å². The predicted octanol–water partition coefficient (Wildman–Crippen LogP) is 2.24. The third kappa shape index (κ3) is 2.32. The molecule has 1 aromatic heterocycles. The van der Waals surface area contributed by atoms with E-state index in [4.69, 9.17) is 0 Å². The SMILES string of the molecule is CCC(CC)Nc1c([N+](=O)[O-])c(C)nn1C. The van der Waals surface area contributed by atoms with Crippen molar-refractivity contribution in [1.29, 1.82) is 0 Å². The fourth-order valence-corrected chi connectivity index (χ4v) is 1.71. The fourth-order valence-electron chi connectivity index (χ4n) is 1.71. The average Bonchev–Trinajstić information content (AvgIpc) is 2.49. The number of hydrogen-bond donors (Lipinski definition) is 1. The fraction of sp³-hybridized carbons (Fsp3) is 0.700. The van der Waals surface area contributed by atoms with Gasteiger partial charge >= 0.3 is 5.69 Å². The lowest BCUT2D eigenvalue weighted by atomic mass is 10.2. The molecule has 0 spiro atoms. The molecule has 16 heavy (non-hydrogen) atoms. The Morgan fingerprint density at radius 3 is 2.50 bits per heavy atom. The van der Waals surface area contributed by atoms with Crippen molar-refractivity contribution >= 4 is 11.5 Å². The summed E-state index contributed by atoms with van der Waals surface area (Å²) in [5.41, 5.74) is 0.523. The van der Waals surface area contributed by atoms with E-state index in [9.17, 15) is 10.1 Å². The first-order valence-electron chi connectivity index (χ1n) is 5.45. The number of aryl methyl sites for hydroxylation is 2. The second-order valence-electron chi connectivity index (χ2n) is 3.82. The standard InChI is InChI=1S/C10H18N4O2/c1-5-8(6-2)11-10-9(14(15)16)7(3)12-13(10)4/h8,11H,5-6H2,1-4H3. The van der Waals surface area contributed by atoms with Gasteiger partial charge in [-0.15, -0.1) is 0 Å². The van der Waals surface area contributed by atoms with Crippen LogP contribution in [0.25, 0.3) is 0 Å². The van der Waals surface area contributed by atoms with Gasteiger partial charge in [0, 0.05) is 13.1 Å². The average molecular weight is 226 g/mol. The molecule has 0 aliphatic carbocycles. The monoisotopic (exact) mass is 226 g/mol. The zero-order valence-corrected chi connectivity index (χ0v) is 10.1. The van der Waals surface area contributed by atoms with Crippen LogP contribution >= 0.6 is 0 Å². The van der Waals surface area contributed by atoms with Gasteiger partial charge in [0.15, 0.2) is 0 Å². The Kier molecular flexibility index (Phi) is 3.87. The van der Waals surface area contributed by atoms with Crippen LogP contribution in [0.3, 0.4) is 0 Å². The van der Waals surface area contributed by atoms with Crippen LogP contribution in [-0.2, 0) is 7.05 Å². The van der Waals surface area contributed by atoms with E-state index in [1.165, 1.54) is 4.68 Å². The molecule has 0 aliphatic heterocycles. The van der Waals surface area contributed by atoms with Crippen molar-refractivity contribution in [1.82, 2.24) is 9.78 Å². The first-order chi connectivity index (χ1) is 7.51. The minimum absolute atomic E-state index is 0.0781. The molecular formula is C10H18N4O2. The minimum atomic E-state index is -0.382. The Labute approximate surface area is 94.8 Å². The number of hydrogen-bond acceptors (Lipinski definition) is 4. The Bertz CT molecular complexity index is 382. The zero-order valence-electron chi connectivity index (χ0n) is 10.1. The number of nitro groups is 1. The topological polar surface area (TPSA) is 73.0 Å². The lowest BCUT2D eigenvalue weighted by molar-refractivity contribution is -0.384. The zero-order chi connectivity index (χ0) is 12.3. The molecule has 0 amide bonds. The number of nitrogens with one attached hydrogen (secondary N) is 1. The molecule has 1 aromatic rings. The summed E-state index contributed by atoms with van der Waals surface area (Å²) in [5.74, 6) is 0.496. The van der Waals surface area contributed by atoms with E-state index in [-0.39, 0.29) is 16.7 Å². The molecule has 1 N–H and O–H groups in total. The van der Waals surface area contributed by atoms with Gasteiger partial charge in [-0.1, -0.05) is 13.8 Å². The molecule has 1 heterocycles. The minimum Gasteiger partial charge on any atom is -0.362 e. The molecule has 1 rings (SSSR count). The first kappa shape index (κ1) is 12.5. The largest absolute Gasteiger partial charge is 0.362 e. The highest BCUT2D eigenvalue weighted by molar-refractivity contribution is 5.59. The molecule has 0 unspecified atom stereocenters. The summed E-state index contributed by atoms with van der Waals surface area (Å²) < 4.78 is 1.53. The molecule has 0 fully saturated rings. The Balaban J connectivity index is 3.07. The van der Waals surface area contributed by atoms with E-state index in [2.05, 4.69) is 24.3 Å². The second-order valence-corrected chi connectivity index (χ2v) is 3.82. The highest BCUT2D eigenvalue weighted by Crippen LogP contribution is 2.28. The second kappa shape index (κ2) is 4.96. The maximum atomic E-state index is 10.9. The van der Waals surface area contributed by atoms with E-state index >= 15 is 0 Å². The molecule has 0 aliphatic rings. The lowest BCUT2D eigenvalue weighted by Gasteiger charge is -2.15. The smallest absolute Gasteiger partial charge is 0.333 e. The summed E-state index contributed by atoms with van der Waals surface area (Å²) in [6, 6.07) is 0.244. The molecular weight excluding hydrogens is 208 g/mol. The molecule has 0 saturated heterocycles. The van der Waals surface area contributed by atoms with Crippen LogP contribution in [0.5, 0.6) is 0 Å². The lowest BCUT2D eigenvalue weighted by Crippen LogP contribution is -2.19. The van der Waals surface area contributed by atoms with E-state index in [0.29, 0.717) is 11.5 Å². The van der Waals surface area contributed by atoms with Crippen LogP contribution in [0.1, 0.15) is 32.4 Å². The van der Waals surface area contributed by atoms with Crippen LogP contribution in [0.15, 0.2) is 0 Å². The van der Waals surface area contributed by atoms with Gasteiger partial charge in [-0.05, 0) is 19.8 Å². The number of anilines is 1. The van der Waals surface area contributed by atoms with E-state index < -0.39 is 0 Å². The summed E-state index contributed by atoms with van der Waals surface area (Å²) in [5, 5.41) is 18.2. The highest BCUT2D eigenvalue weighted by atomic mass is 16.6. The van der Waals surface area contributed by atoms with Gasteiger partial charge in [0.25, 0.3) is 0 Å². The van der Waals surface area contributed by atoms with Gasteiger partial charge in [0.05, 0.1) is 4.92 Å². The summed E-state index contributed by atoms with van der Waals surface area (Å²) in [4.78, 5) is 10.5. The summed E-state index contributed by atoms with van der Waals surface area (Å²) in [7, 11) is 1.71. The van der Waals surface area contributed by atoms with Crippen LogP contribution in [-0.4, -0.2) is 20.7 Å². The van der Waals surface area contributed by atoms with Gasteiger partial charge in [0.1, 0.15) is 5.69 Å². The van der Waals surface area contributed by atoms with Crippen molar-refractivity contribution in [3.05, 3.63) is 15.8 Å². The number of nitrogens with zero attached hydrogens (tertiary/aromatic N) is 3. The molecule has 6 nitrogen and oxygen atoms in total. The third-order valence-electron chi connectivity index (χ3n) is 2.70. The summed E-state index contributed by atoms with van der Waals surface area (Å²) in [6.07, 6.45) is 1.86. The van der Waals surface area contributed by atoms with Crippen molar-refractivity contribution in [2.75, 3.05) is 5.32 Å². The summed E-state index contributed by atoms with van der Waals surface area (Å²) in [6.45, 7) is 5.75. The van der Waals surface area contributed by atoms with Gasteiger partial charge < -0.3 is 5.32 Å². The Hall–Kier alpha value is -1.59.